The summed E-state index contributed by atoms with van der Waals surface area (Å²) in [5.41, 5.74) is 1.56. The van der Waals surface area contributed by atoms with E-state index in [1.54, 1.807) is 31.4 Å². The molecule has 0 radical (unpaired) electrons. The van der Waals surface area contributed by atoms with Gasteiger partial charge in [0.2, 0.25) is 0 Å². The van der Waals surface area contributed by atoms with Gasteiger partial charge in [0.05, 0.1) is 13.7 Å². The van der Waals surface area contributed by atoms with Gasteiger partial charge < -0.3 is 9.47 Å². The lowest BCUT2D eigenvalue weighted by Gasteiger charge is -2.09. The van der Waals surface area contributed by atoms with Gasteiger partial charge in [-0.05, 0) is 30.7 Å². The molecule has 2 aromatic carbocycles. The Bertz CT molecular complexity index is 630. The van der Waals surface area contributed by atoms with Crippen LogP contribution in [0.4, 0.5) is 0 Å². The van der Waals surface area contributed by atoms with Crippen molar-refractivity contribution in [3.63, 3.8) is 0 Å². The van der Waals surface area contributed by atoms with Crippen LogP contribution < -0.4 is 9.47 Å². The number of allylic oxidation sites excluding steroid dienone is 1. The van der Waals surface area contributed by atoms with E-state index in [1.165, 1.54) is 0 Å². The van der Waals surface area contributed by atoms with E-state index in [0.717, 1.165) is 5.56 Å². The molecule has 2 rings (SSSR count). The van der Waals surface area contributed by atoms with Crippen molar-refractivity contribution < 1.29 is 14.3 Å². The maximum absolute atomic E-state index is 12.0. The summed E-state index contributed by atoms with van der Waals surface area (Å²) in [5, 5.41) is 0. The van der Waals surface area contributed by atoms with Crippen LogP contribution in [0.1, 0.15) is 22.8 Å². The number of hydrogen-bond donors (Lipinski definition) is 0. The van der Waals surface area contributed by atoms with Gasteiger partial charge in [-0.1, -0.05) is 42.5 Å². The van der Waals surface area contributed by atoms with Gasteiger partial charge in [0.15, 0.2) is 17.3 Å². The fourth-order valence-corrected chi connectivity index (χ4v) is 1.93. The first-order valence-electron chi connectivity index (χ1n) is 6.83. The van der Waals surface area contributed by atoms with Crippen LogP contribution in [0.2, 0.25) is 0 Å². The molecular weight excluding hydrogens is 264 g/mol. The standard InChI is InChI=1S/C18H18O3/c1-3-21-17-12-10-14(13-18(17)20-2)9-11-16(19)15-7-5-4-6-8-15/h4-13H,3H2,1-2H3/b11-9+. The molecule has 0 aliphatic carbocycles. The Hall–Kier alpha value is -2.55. The third kappa shape index (κ3) is 3.96. The maximum Gasteiger partial charge on any atom is 0.185 e. The van der Waals surface area contributed by atoms with E-state index in [-0.39, 0.29) is 5.78 Å². The second-order valence-electron chi connectivity index (χ2n) is 4.41. The van der Waals surface area contributed by atoms with E-state index in [9.17, 15) is 4.79 Å². The Morgan fingerprint density at radius 2 is 1.86 bits per heavy atom. The first kappa shape index (κ1) is 14.9. The van der Waals surface area contributed by atoms with E-state index in [2.05, 4.69) is 0 Å². The van der Waals surface area contributed by atoms with Gasteiger partial charge in [-0.25, -0.2) is 0 Å². The lowest BCUT2D eigenvalue weighted by atomic mass is 10.1. The molecule has 0 unspecified atom stereocenters. The second-order valence-corrected chi connectivity index (χ2v) is 4.41. The van der Waals surface area contributed by atoms with E-state index in [0.29, 0.717) is 23.7 Å². The molecule has 21 heavy (non-hydrogen) atoms. The lowest BCUT2D eigenvalue weighted by Crippen LogP contribution is -1.96. The van der Waals surface area contributed by atoms with Crippen LogP contribution in [0.25, 0.3) is 6.08 Å². The molecule has 0 atom stereocenters. The van der Waals surface area contributed by atoms with E-state index >= 15 is 0 Å². The number of carbonyl (C=O) groups excluding carboxylic acids is 1. The van der Waals surface area contributed by atoms with Crippen molar-refractivity contribution in [2.45, 2.75) is 6.92 Å². The third-order valence-electron chi connectivity index (χ3n) is 2.97. The molecule has 2 aromatic rings. The average Bonchev–Trinajstić information content (AvgIpc) is 2.54. The van der Waals surface area contributed by atoms with E-state index in [1.807, 2.05) is 43.3 Å². The second kappa shape index (κ2) is 7.29. The first-order valence-corrected chi connectivity index (χ1v) is 6.83. The summed E-state index contributed by atoms with van der Waals surface area (Å²) >= 11 is 0. The summed E-state index contributed by atoms with van der Waals surface area (Å²) in [6.07, 6.45) is 3.33. The number of benzene rings is 2. The highest BCUT2D eigenvalue weighted by molar-refractivity contribution is 6.06. The lowest BCUT2D eigenvalue weighted by molar-refractivity contribution is 0.104. The molecule has 108 valence electrons. The molecule has 3 heteroatoms. The van der Waals surface area contributed by atoms with E-state index < -0.39 is 0 Å². The Labute approximate surface area is 124 Å². The number of carbonyl (C=O) groups is 1. The minimum absolute atomic E-state index is 0.0246. The quantitative estimate of drug-likeness (QED) is 0.593. The Morgan fingerprint density at radius 3 is 2.52 bits per heavy atom. The van der Waals surface area contributed by atoms with Crippen molar-refractivity contribution in [1.82, 2.24) is 0 Å². The highest BCUT2D eigenvalue weighted by Gasteiger charge is 2.04. The minimum atomic E-state index is -0.0246. The topological polar surface area (TPSA) is 35.5 Å². The smallest absolute Gasteiger partial charge is 0.185 e. The van der Waals surface area contributed by atoms with Crippen LogP contribution in [0, 0.1) is 0 Å². The van der Waals surface area contributed by atoms with Crippen LogP contribution in [0.3, 0.4) is 0 Å². The fourth-order valence-electron chi connectivity index (χ4n) is 1.93. The van der Waals surface area contributed by atoms with Gasteiger partial charge >= 0.3 is 0 Å². The van der Waals surface area contributed by atoms with Gasteiger partial charge in [0.25, 0.3) is 0 Å². The third-order valence-corrected chi connectivity index (χ3v) is 2.97. The zero-order valence-electron chi connectivity index (χ0n) is 12.2. The normalized spacial score (nSPS) is 10.6. The Morgan fingerprint density at radius 1 is 1.10 bits per heavy atom. The molecule has 0 saturated heterocycles. The summed E-state index contributed by atoms with van der Waals surface area (Å²) in [4.78, 5) is 12.0. The summed E-state index contributed by atoms with van der Waals surface area (Å²) in [7, 11) is 1.60. The summed E-state index contributed by atoms with van der Waals surface area (Å²) in [6, 6.07) is 14.8. The van der Waals surface area contributed by atoms with E-state index in [4.69, 9.17) is 9.47 Å². The predicted molar refractivity (Wildman–Crippen MR) is 84.0 cm³/mol. The number of methoxy groups -OCH3 is 1. The summed E-state index contributed by atoms with van der Waals surface area (Å²) in [5.74, 6) is 1.33. The van der Waals surface area contributed by atoms with Crippen molar-refractivity contribution in [2.24, 2.45) is 0 Å². The largest absolute Gasteiger partial charge is 0.493 e. The van der Waals surface area contributed by atoms with Crippen molar-refractivity contribution in [2.75, 3.05) is 13.7 Å². The molecule has 0 amide bonds. The van der Waals surface area contributed by atoms with Crippen molar-refractivity contribution >= 4 is 11.9 Å². The fraction of sp³-hybridized carbons (Fsp3) is 0.167. The van der Waals surface area contributed by atoms with Gasteiger partial charge in [0.1, 0.15) is 0 Å². The Kier molecular flexibility index (Phi) is 5.16. The monoisotopic (exact) mass is 282 g/mol. The van der Waals surface area contributed by atoms with Crippen LogP contribution in [-0.2, 0) is 0 Å². The molecule has 0 heterocycles. The first-order chi connectivity index (χ1) is 10.2. The van der Waals surface area contributed by atoms with Crippen LogP contribution in [0.5, 0.6) is 11.5 Å². The van der Waals surface area contributed by atoms with Crippen molar-refractivity contribution in [3.05, 3.63) is 65.7 Å². The molecule has 0 saturated carbocycles. The van der Waals surface area contributed by atoms with Gasteiger partial charge in [-0.2, -0.15) is 0 Å². The van der Waals surface area contributed by atoms with Crippen LogP contribution >= 0.6 is 0 Å². The van der Waals surface area contributed by atoms with Crippen LogP contribution in [-0.4, -0.2) is 19.5 Å². The molecule has 0 spiro atoms. The zero-order valence-corrected chi connectivity index (χ0v) is 12.2. The molecule has 0 fully saturated rings. The number of ketones is 1. The molecule has 0 aromatic heterocycles. The number of ether oxygens (including phenoxy) is 2. The highest BCUT2D eigenvalue weighted by atomic mass is 16.5. The van der Waals surface area contributed by atoms with Crippen LogP contribution in [0.15, 0.2) is 54.6 Å². The van der Waals surface area contributed by atoms with Gasteiger partial charge in [-0.3, -0.25) is 4.79 Å². The number of hydrogen-bond acceptors (Lipinski definition) is 3. The SMILES string of the molecule is CCOc1ccc(/C=C/C(=O)c2ccccc2)cc1OC. The number of rotatable bonds is 6. The average molecular weight is 282 g/mol. The molecule has 0 bridgehead atoms. The summed E-state index contributed by atoms with van der Waals surface area (Å²) < 4.78 is 10.7. The molecule has 3 nitrogen and oxygen atoms in total. The minimum Gasteiger partial charge on any atom is -0.493 e. The predicted octanol–water partition coefficient (Wildman–Crippen LogP) is 3.99. The molecular formula is C18H18O3. The van der Waals surface area contributed by atoms with Crippen molar-refractivity contribution in [3.8, 4) is 11.5 Å². The Balaban J connectivity index is 2.16. The maximum atomic E-state index is 12.0. The summed E-state index contributed by atoms with van der Waals surface area (Å²) in [6.45, 7) is 2.50. The van der Waals surface area contributed by atoms with Gasteiger partial charge in [0, 0.05) is 5.56 Å². The molecule has 0 aliphatic rings. The zero-order chi connectivity index (χ0) is 15.1. The molecule has 0 N–H and O–H groups in total. The van der Waals surface area contributed by atoms with Gasteiger partial charge in [-0.15, -0.1) is 0 Å². The van der Waals surface area contributed by atoms with Crippen molar-refractivity contribution in [1.29, 1.82) is 0 Å². The molecule has 0 aliphatic heterocycles. The highest BCUT2D eigenvalue weighted by Crippen LogP contribution is 2.28.